The van der Waals surface area contributed by atoms with Crippen molar-refractivity contribution in [1.29, 1.82) is 5.26 Å². The summed E-state index contributed by atoms with van der Waals surface area (Å²) in [7, 11) is 0. The van der Waals surface area contributed by atoms with Crippen molar-refractivity contribution in [3.8, 4) is 34.9 Å². The Kier molecular flexibility index (Phi) is 12.6. The number of aromatic nitrogens is 1. The number of pyridine rings is 1. The molecule has 0 atom stereocenters. The topological polar surface area (TPSA) is 97.2 Å². The van der Waals surface area contributed by atoms with Crippen molar-refractivity contribution in [2.75, 3.05) is 26.2 Å². The van der Waals surface area contributed by atoms with E-state index in [1.165, 1.54) is 5.56 Å². The van der Waals surface area contributed by atoms with Gasteiger partial charge in [-0.15, -0.1) is 0 Å². The summed E-state index contributed by atoms with van der Waals surface area (Å²) in [5, 5.41) is 8.97. The zero-order valence-corrected chi connectivity index (χ0v) is 31.3. The van der Waals surface area contributed by atoms with Crippen molar-refractivity contribution in [1.82, 2.24) is 14.8 Å². The average molecular weight is 723 g/mol. The molecule has 2 heterocycles. The maximum absolute atomic E-state index is 13.1. The first-order valence-electron chi connectivity index (χ1n) is 18.2. The number of benzene rings is 4. The van der Waals surface area contributed by atoms with E-state index >= 15 is 0 Å². The molecule has 5 aromatic rings. The van der Waals surface area contributed by atoms with Crippen molar-refractivity contribution < 1.29 is 23.7 Å². The first-order chi connectivity index (χ1) is 26.2. The summed E-state index contributed by atoms with van der Waals surface area (Å²) in [6.45, 7) is 12.7. The van der Waals surface area contributed by atoms with Crippen LogP contribution >= 0.6 is 0 Å². The van der Waals surface area contributed by atoms with Crippen LogP contribution in [0.4, 0.5) is 0 Å². The molecule has 1 aromatic heterocycles. The average Bonchev–Trinajstić information content (AvgIpc) is 3.18. The van der Waals surface area contributed by atoms with Crippen molar-refractivity contribution >= 4 is 12.0 Å². The highest BCUT2D eigenvalue weighted by molar-refractivity contribution is 5.92. The van der Waals surface area contributed by atoms with E-state index in [0.29, 0.717) is 43.5 Å². The second-order valence-corrected chi connectivity index (χ2v) is 13.7. The normalized spacial score (nSPS) is 13.1. The van der Waals surface area contributed by atoms with Crippen LogP contribution in [0.25, 0.3) is 6.08 Å². The minimum absolute atomic E-state index is 0.0161. The molecule has 9 heteroatoms. The summed E-state index contributed by atoms with van der Waals surface area (Å²) in [6, 6.07) is 33.3. The summed E-state index contributed by atoms with van der Waals surface area (Å²) in [4.78, 5) is 21.8. The first kappa shape index (κ1) is 37.6. The highest BCUT2D eigenvalue weighted by atomic mass is 16.5. The van der Waals surface area contributed by atoms with E-state index in [1.54, 1.807) is 30.5 Å². The molecule has 0 N–H and O–H groups in total. The Balaban J connectivity index is 0.929. The molecule has 1 saturated heterocycles. The van der Waals surface area contributed by atoms with Crippen LogP contribution in [0, 0.1) is 25.2 Å². The fourth-order valence-corrected chi connectivity index (χ4v) is 6.15. The lowest BCUT2D eigenvalue weighted by Crippen LogP contribution is -2.47. The van der Waals surface area contributed by atoms with Gasteiger partial charge in [0, 0.05) is 44.9 Å². The Labute approximate surface area is 318 Å². The van der Waals surface area contributed by atoms with Crippen molar-refractivity contribution in [2.45, 2.75) is 53.6 Å². The molecule has 276 valence electrons. The predicted molar refractivity (Wildman–Crippen MR) is 210 cm³/mol. The van der Waals surface area contributed by atoms with Gasteiger partial charge in [0.1, 0.15) is 36.2 Å². The number of amides is 1. The minimum atomic E-state index is 0.0161. The molecule has 0 saturated carbocycles. The molecule has 1 aliphatic rings. The van der Waals surface area contributed by atoms with Gasteiger partial charge in [0.05, 0.1) is 23.9 Å². The summed E-state index contributed by atoms with van der Waals surface area (Å²) in [6.07, 6.45) is 5.31. The van der Waals surface area contributed by atoms with E-state index in [9.17, 15) is 4.79 Å². The molecule has 0 aliphatic carbocycles. The van der Waals surface area contributed by atoms with Gasteiger partial charge in [-0.3, -0.25) is 9.69 Å². The van der Waals surface area contributed by atoms with Gasteiger partial charge in [-0.05, 0) is 122 Å². The molecular weight excluding hydrogens is 677 g/mol. The second-order valence-electron chi connectivity index (χ2n) is 13.7. The first-order valence-corrected chi connectivity index (χ1v) is 18.2. The third-order valence-corrected chi connectivity index (χ3v) is 9.02. The number of hydrogen-bond donors (Lipinski definition) is 0. The van der Waals surface area contributed by atoms with Gasteiger partial charge in [-0.1, -0.05) is 36.4 Å². The number of nitriles is 1. The lowest BCUT2D eigenvalue weighted by molar-refractivity contribution is -0.127. The summed E-state index contributed by atoms with van der Waals surface area (Å²) < 4.78 is 23.6. The summed E-state index contributed by atoms with van der Waals surface area (Å²) in [5.41, 5.74) is 6.76. The van der Waals surface area contributed by atoms with Crippen LogP contribution in [0.2, 0.25) is 0 Å². The fraction of sp³-hybridized carbons (Fsp3) is 0.267. The van der Waals surface area contributed by atoms with Gasteiger partial charge in [-0.25, -0.2) is 4.98 Å². The fourth-order valence-electron chi connectivity index (χ4n) is 6.15. The SMILES string of the molecule is Cc1cc(C=CC(=O)N2CCN(Cc3ccc(COc4ccc(OC(C)C)cc4)cc3)CC2)cc(C)c1Oc1ccc(OCc2ccc(C#N)cc2)cn1. The molecule has 1 aliphatic heterocycles. The monoisotopic (exact) mass is 722 g/mol. The van der Waals surface area contributed by atoms with Gasteiger partial charge >= 0.3 is 0 Å². The molecule has 6 rings (SSSR count). The van der Waals surface area contributed by atoms with Crippen molar-refractivity contribution in [3.63, 3.8) is 0 Å². The molecule has 0 radical (unpaired) electrons. The molecule has 0 unspecified atom stereocenters. The zero-order chi connectivity index (χ0) is 37.9. The smallest absolute Gasteiger partial charge is 0.246 e. The van der Waals surface area contributed by atoms with Crippen LogP contribution in [0.15, 0.2) is 109 Å². The van der Waals surface area contributed by atoms with E-state index in [-0.39, 0.29) is 12.0 Å². The second kappa shape index (κ2) is 18.1. The van der Waals surface area contributed by atoms with Crippen LogP contribution in [0.5, 0.6) is 28.9 Å². The summed E-state index contributed by atoms with van der Waals surface area (Å²) >= 11 is 0. The maximum Gasteiger partial charge on any atom is 0.246 e. The third kappa shape index (κ3) is 10.7. The Morgan fingerprint density at radius 2 is 1.35 bits per heavy atom. The van der Waals surface area contributed by atoms with Crippen LogP contribution in [0.1, 0.15) is 52.8 Å². The van der Waals surface area contributed by atoms with E-state index in [2.05, 4.69) is 40.2 Å². The number of rotatable bonds is 14. The van der Waals surface area contributed by atoms with Gasteiger partial charge < -0.3 is 23.8 Å². The Morgan fingerprint density at radius 1 is 0.778 bits per heavy atom. The Hall–Kier alpha value is -6.11. The zero-order valence-electron chi connectivity index (χ0n) is 31.3. The van der Waals surface area contributed by atoms with E-state index in [4.69, 9.17) is 24.2 Å². The number of aryl methyl sites for hydroxylation is 2. The quantitative estimate of drug-likeness (QED) is 0.105. The number of piperazine rings is 1. The maximum atomic E-state index is 13.1. The molecule has 4 aromatic carbocycles. The third-order valence-electron chi connectivity index (χ3n) is 9.02. The highest BCUT2D eigenvalue weighted by Crippen LogP contribution is 2.30. The van der Waals surface area contributed by atoms with Gasteiger partial charge in [0.15, 0.2) is 0 Å². The van der Waals surface area contributed by atoms with E-state index < -0.39 is 0 Å². The van der Waals surface area contributed by atoms with E-state index in [1.807, 2.05) is 93.3 Å². The Bertz CT molecular complexity index is 2040. The highest BCUT2D eigenvalue weighted by Gasteiger charge is 2.20. The lowest BCUT2D eigenvalue weighted by Gasteiger charge is -2.34. The van der Waals surface area contributed by atoms with Crippen molar-refractivity contribution in [3.05, 3.63) is 148 Å². The van der Waals surface area contributed by atoms with Crippen LogP contribution in [-0.4, -0.2) is 53.0 Å². The van der Waals surface area contributed by atoms with Crippen molar-refractivity contribution in [2.24, 2.45) is 0 Å². The largest absolute Gasteiger partial charge is 0.491 e. The van der Waals surface area contributed by atoms with Gasteiger partial charge in [-0.2, -0.15) is 5.26 Å². The van der Waals surface area contributed by atoms with Crippen LogP contribution < -0.4 is 18.9 Å². The van der Waals surface area contributed by atoms with Gasteiger partial charge in [0.2, 0.25) is 11.8 Å². The number of carbonyl (C=O) groups excluding carboxylic acids is 1. The van der Waals surface area contributed by atoms with Gasteiger partial charge in [0.25, 0.3) is 0 Å². The minimum Gasteiger partial charge on any atom is -0.491 e. The molecule has 1 amide bonds. The number of hydrogen-bond acceptors (Lipinski definition) is 8. The van der Waals surface area contributed by atoms with Crippen LogP contribution in [-0.2, 0) is 24.6 Å². The predicted octanol–water partition coefficient (Wildman–Crippen LogP) is 8.67. The molecule has 0 spiro atoms. The molecule has 1 fully saturated rings. The lowest BCUT2D eigenvalue weighted by atomic mass is 10.1. The Morgan fingerprint density at radius 3 is 1.94 bits per heavy atom. The molecular formula is C45H46N4O5. The molecule has 54 heavy (non-hydrogen) atoms. The number of ether oxygens (including phenoxy) is 4. The number of carbonyl (C=O) groups is 1. The van der Waals surface area contributed by atoms with E-state index in [0.717, 1.165) is 64.7 Å². The molecule has 0 bridgehead atoms. The molecule has 9 nitrogen and oxygen atoms in total. The van der Waals surface area contributed by atoms with Crippen LogP contribution in [0.3, 0.4) is 0 Å². The number of nitrogens with zero attached hydrogens (tertiary/aromatic N) is 4. The summed E-state index contributed by atoms with van der Waals surface area (Å²) in [5.74, 6) is 3.48. The standard InChI is InChI=1S/C45H46N4O5/c1-32(2)53-41-16-14-40(15-17-41)51-30-38-11-7-36(8-12-38)29-48-21-23-49(24-22-48)44(50)20-13-39-25-33(3)45(34(4)26-39)54-43-19-18-42(28-47-43)52-31-37-9-5-35(27-46)6-10-37/h5-20,25-26,28,32H,21-24,29-31H2,1-4H3.